The van der Waals surface area contributed by atoms with E-state index in [9.17, 15) is 14.9 Å². The van der Waals surface area contributed by atoms with E-state index in [1.807, 2.05) is 0 Å². The monoisotopic (exact) mass is 375 g/mol. The second kappa shape index (κ2) is 9.17. The Hall–Kier alpha value is -2.15. The van der Waals surface area contributed by atoms with Crippen molar-refractivity contribution in [2.45, 2.75) is 38.5 Å². The van der Waals surface area contributed by atoms with E-state index >= 15 is 0 Å². The molecule has 1 aromatic rings. The molecule has 27 heavy (non-hydrogen) atoms. The Morgan fingerprint density at radius 3 is 2.41 bits per heavy atom. The number of nitrogens with zero attached hydrogens (tertiary/aromatic N) is 3. The van der Waals surface area contributed by atoms with E-state index in [2.05, 4.69) is 4.90 Å². The van der Waals surface area contributed by atoms with Crippen molar-refractivity contribution in [2.24, 2.45) is 5.92 Å². The number of amides is 1. The molecule has 2 aliphatic heterocycles. The number of ether oxygens (including phenoxy) is 1. The highest BCUT2D eigenvalue weighted by Gasteiger charge is 2.27. The summed E-state index contributed by atoms with van der Waals surface area (Å²) < 4.78 is 5.25. The number of methoxy groups -OCH3 is 1. The molecule has 2 saturated heterocycles. The fraction of sp³-hybridized carbons (Fsp3) is 0.650. The largest absolute Gasteiger partial charge is 0.496 e. The van der Waals surface area contributed by atoms with E-state index in [1.165, 1.54) is 64.1 Å². The van der Waals surface area contributed by atoms with Gasteiger partial charge in [0.1, 0.15) is 5.75 Å². The first kappa shape index (κ1) is 19.6. The van der Waals surface area contributed by atoms with Crippen LogP contribution >= 0.6 is 0 Å². The van der Waals surface area contributed by atoms with E-state index in [4.69, 9.17) is 4.74 Å². The number of likely N-dealkylation sites (tertiary alicyclic amines) is 2. The maximum absolute atomic E-state index is 12.9. The Morgan fingerprint density at radius 1 is 1.15 bits per heavy atom. The molecule has 0 saturated carbocycles. The van der Waals surface area contributed by atoms with Crippen LogP contribution in [0.25, 0.3) is 0 Å². The van der Waals surface area contributed by atoms with Crippen molar-refractivity contribution in [3.05, 3.63) is 33.9 Å². The minimum atomic E-state index is -0.482. The quantitative estimate of drug-likeness (QED) is 0.583. The van der Waals surface area contributed by atoms with Gasteiger partial charge in [-0.3, -0.25) is 14.9 Å². The van der Waals surface area contributed by atoms with Gasteiger partial charge in [-0.05, 0) is 50.8 Å². The molecular formula is C20H29N3O4. The first-order chi connectivity index (χ1) is 13.1. The number of hydrogen-bond acceptors (Lipinski definition) is 5. The zero-order valence-electron chi connectivity index (χ0n) is 16.1. The van der Waals surface area contributed by atoms with Crippen LogP contribution in [0.3, 0.4) is 0 Å². The molecule has 148 valence electrons. The van der Waals surface area contributed by atoms with Crippen LogP contribution in [0.1, 0.15) is 48.9 Å². The van der Waals surface area contributed by atoms with Gasteiger partial charge >= 0.3 is 0 Å². The summed E-state index contributed by atoms with van der Waals surface area (Å²) in [6, 6.07) is 4.19. The number of nitro groups is 1. The van der Waals surface area contributed by atoms with Crippen LogP contribution in [-0.2, 0) is 0 Å². The normalized spacial score (nSPS) is 19.5. The van der Waals surface area contributed by atoms with Gasteiger partial charge in [-0.1, -0.05) is 12.8 Å². The van der Waals surface area contributed by atoms with Crippen molar-refractivity contribution in [3.63, 3.8) is 0 Å². The first-order valence-electron chi connectivity index (χ1n) is 9.92. The number of piperidine rings is 1. The maximum Gasteiger partial charge on any atom is 0.270 e. The molecule has 1 amide bonds. The molecule has 0 spiro atoms. The van der Waals surface area contributed by atoms with Gasteiger partial charge in [0.2, 0.25) is 0 Å². The van der Waals surface area contributed by atoms with Gasteiger partial charge in [0.05, 0.1) is 17.6 Å². The minimum absolute atomic E-state index is 0.0878. The third-order valence-electron chi connectivity index (χ3n) is 5.74. The summed E-state index contributed by atoms with van der Waals surface area (Å²) >= 11 is 0. The van der Waals surface area contributed by atoms with E-state index in [-0.39, 0.29) is 17.2 Å². The Labute approximate surface area is 160 Å². The highest BCUT2D eigenvalue weighted by Crippen LogP contribution is 2.28. The summed E-state index contributed by atoms with van der Waals surface area (Å²) in [5.74, 6) is 0.834. The molecule has 7 heteroatoms. The van der Waals surface area contributed by atoms with Crippen molar-refractivity contribution < 1.29 is 14.5 Å². The first-order valence-corrected chi connectivity index (χ1v) is 9.92. The van der Waals surface area contributed by atoms with Crippen LogP contribution in [0.5, 0.6) is 5.75 Å². The molecule has 0 radical (unpaired) electrons. The number of nitro benzene ring substituents is 1. The number of hydrogen-bond donors (Lipinski definition) is 0. The van der Waals surface area contributed by atoms with Gasteiger partial charge in [0, 0.05) is 31.8 Å². The molecule has 1 aromatic carbocycles. The van der Waals surface area contributed by atoms with Gasteiger partial charge in [-0.15, -0.1) is 0 Å². The van der Waals surface area contributed by atoms with Crippen molar-refractivity contribution in [1.29, 1.82) is 0 Å². The molecule has 3 rings (SSSR count). The lowest BCUT2D eigenvalue weighted by Crippen LogP contribution is -2.42. The molecule has 0 aromatic heterocycles. The summed E-state index contributed by atoms with van der Waals surface area (Å²) in [4.78, 5) is 27.9. The molecule has 0 N–H and O–H groups in total. The summed E-state index contributed by atoms with van der Waals surface area (Å²) in [5.41, 5.74) is 0.188. The third kappa shape index (κ3) is 4.97. The maximum atomic E-state index is 12.9. The predicted octanol–water partition coefficient (Wildman–Crippen LogP) is 3.33. The summed E-state index contributed by atoms with van der Waals surface area (Å²) in [6.07, 6.45) is 7.25. The highest BCUT2D eigenvalue weighted by molar-refractivity contribution is 5.97. The van der Waals surface area contributed by atoms with Gasteiger partial charge in [-0.2, -0.15) is 0 Å². The number of benzene rings is 1. The Morgan fingerprint density at radius 2 is 1.81 bits per heavy atom. The average Bonchev–Trinajstić information content (AvgIpc) is 2.96. The summed E-state index contributed by atoms with van der Waals surface area (Å²) in [7, 11) is 1.48. The van der Waals surface area contributed by atoms with Gasteiger partial charge in [-0.25, -0.2) is 0 Å². The van der Waals surface area contributed by atoms with Gasteiger partial charge in [0.15, 0.2) is 0 Å². The minimum Gasteiger partial charge on any atom is -0.496 e. The fourth-order valence-corrected chi connectivity index (χ4v) is 4.15. The Kier molecular flexibility index (Phi) is 6.66. The van der Waals surface area contributed by atoms with Gasteiger partial charge in [0.25, 0.3) is 11.6 Å². The van der Waals surface area contributed by atoms with E-state index < -0.39 is 4.92 Å². The second-order valence-electron chi connectivity index (χ2n) is 7.59. The number of non-ortho nitro benzene ring substituents is 1. The molecule has 2 aliphatic rings. The number of carbonyl (C=O) groups excluding carboxylic acids is 1. The Bertz CT molecular complexity index is 663. The average molecular weight is 375 g/mol. The molecule has 2 heterocycles. The lowest BCUT2D eigenvalue weighted by molar-refractivity contribution is -0.384. The van der Waals surface area contributed by atoms with Crippen molar-refractivity contribution in [2.75, 3.05) is 39.8 Å². The van der Waals surface area contributed by atoms with Crippen LogP contribution in [0.2, 0.25) is 0 Å². The Balaban J connectivity index is 1.59. The van der Waals surface area contributed by atoms with Gasteiger partial charge < -0.3 is 14.5 Å². The standard InChI is InChI=1S/C20H29N3O4/c1-27-19-7-6-17(23(25)26)14-18(19)20(24)22-12-8-16(9-13-22)15-21-10-4-2-3-5-11-21/h6-7,14,16H,2-5,8-13,15H2,1H3. The van der Waals surface area contributed by atoms with E-state index in [0.717, 1.165) is 19.4 Å². The molecule has 0 atom stereocenters. The van der Waals surface area contributed by atoms with Crippen LogP contribution in [-0.4, -0.2) is 60.5 Å². The molecule has 0 bridgehead atoms. The molecular weight excluding hydrogens is 346 g/mol. The fourth-order valence-electron chi connectivity index (χ4n) is 4.15. The van der Waals surface area contributed by atoms with Crippen LogP contribution in [0, 0.1) is 16.0 Å². The SMILES string of the molecule is COc1ccc([N+](=O)[O-])cc1C(=O)N1CCC(CN2CCCCCC2)CC1. The smallest absolute Gasteiger partial charge is 0.270 e. The molecule has 0 unspecified atom stereocenters. The summed E-state index contributed by atoms with van der Waals surface area (Å²) in [6.45, 7) is 4.92. The molecule has 7 nitrogen and oxygen atoms in total. The number of carbonyl (C=O) groups is 1. The molecule has 2 fully saturated rings. The second-order valence-corrected chi connectivity index (χ2v) is 7.59. The zero-order valence-corrected chi connectivity index (χ0v) is 16.1. The van der Waals surface area contributed by atoms with Crippen molar-refractivity contribution in [1.82, 2.24) is 9.80 Å². The topological polar surface area (TPSA) is 75.9 Å². The highest BCUT2D eigenvalue weighted by atomic mass is 16.6. The zero-order chi connectivity index (χ0) is 19.2. The third-order valence-corrected chi connectivity index (χ3v) is 5.74. The van der Waals surface area contributed by atoms with Crippen molar-refractivity contribution >= 4 is 11.6 Å². The number of rotatable bonds is 5. The lowest BCUT2D eigenvalue weighted by Gasteiger charge is -2.34. The van der Waals surface area contributed by atoms with Crippen LogP contribution < -0.4 is 4.74 Å². The lowest BCUT2D eigenvalue weighted by atomic mass is 9.95. The van der Waals surface area contributed by atoms with Crippen molar-refractivity contribution in [3.8, 4) is 5.75 Å². The van der Waals surface area contributed by atoms with Crippen LogP contribution in [0.15, 0.2) is 18.2 Å². The predicted molar refractivity (Wildman–Crippen MR) is 103 cm³/mol. The summed E-state index contributed by atoms with van der Waals surface area (Å²) in [5, 5.41) is 11.0. The van der Waals surface area contributed by atoms with E-state index in [1.54, 1.807) is 4.90 Å². The molecule has 0 aliphatic carbocycles. The van der Waals surface area contributed by atoms with E-state index in [0.29, 0.717) is 24.8 Å². The van der Waals surface area contributed by atoms with Crippen LogP contribution in [0.4, 0.5) is 5.69 Å².